The molecule has 6 heteroatoms. The van der Waals surface area contributed by atoms with Crippen molar-refractivity contribution in [2.45, 2.75) is 12.8 Å². The van der Waals surface area contributed by atoms with Gasteiger partial charge in [0.05, 0.1) is 21.1 Å². The number of quaternary nitrogens is 1. The van der Waals surface area contributed by atoms with E-state index in [4.69, 9.17) is 4.84 Å². The van der Waals surface area contributed by atoms with Crippen LogP contribution in [0, 0.1) is 0 Å². The molecule has 0 spiro atoms. The fourth-order valence-corrected chi connectivity index (χ4v) is 1.18. The molecule has 1 heterocycles. The van der Waals surface area contributed by atoms with Crippen molar-refractivity contribution in [1.82, 2.24) is 5.06 Å². The molecular weight excluding hydrogens is 200 g/mol. The summed E-state index contributed by atoms with van der Waals surface area (Å²) < 4.78 is 0.384. The Morgan fingerprint density at radius 1 is 1.27 bits per heavy atom. The zero-order valence-electron chi connectivity index (χ0n) is 9.15. The van der Waals surface area contributed by atoms with Gasteiger partial charge in [-0.3, -0.25) is 9.59 Å². The lowest BCUT2D eigenvalue weighted by atomic mass is 10.4. The van der Waals surface area contributed by atoms with Gasteiger partial charge in [-0.15, -0.1) is 5.06 Å². The van der Waals surface area contributed by atoms with Crippen molar-refractivity contribution < 1.29 is 23.7 Å². The lowest BCUT2D eigenvalue weighted by Gasteiger charge is -2.23. The molecule has 0 bridgehead atoms. The third-order valence-corrected chi connectivity index (χ3v) is 1.80. The highest BCUT2D eigenvalue weighted by molar-refractivity contribution is 6.01. The van der Waals surface area contributed by atoms with Crippen LogP contribution in [0.5, 0.6) is 0 Å². The molecule has 1 saturated heterocycles. The van der Waals surface area contributed by atoms with E-state index in [1.165, 1.54) is 0 Å². The van der Waals surface area contributed by atoms with E-state index in [2.05, 4.69) is 0 Å². The van der Waals surface area contributed by atoms with E-state index < -0.39 is 17.8 Å². The van der Waals surface area contributed by atoms with Crippen LogP contribution < -0.4 is 0 Å². The van der Waals surface area contributed by atoms with Crippen LogP contribution >= 0.6 is 0 Å². The molecule has 0 aliphatic carbocycles. The highest BCUT2D eigenvalue weighted by Crippen LogP contribution is 2.12. The van der Waals surface area contributed by atoms with E-state index in [9.17, 15) is 14.4 Å². The molecule has 0 aromatic carbocycles. The van der Waals surface area contributed by atoms with E-state index >= 15 is 0 Å². The summed E-state index contributed by atoms with van der Waals surface area (Å²) in [6, 6.07) is 0. The second-order valence-electron chi connectivity index (χ2n) is 4.49. The monoisotopic (exact) mass is 215 g/mol. The summed E-state index contributed by atoms with van der Waals surface area (Å²) in [6.07, 6.45) is 0.243. The van der Waals surface area contributed by atoms with Crippen LogP contribution in [0.1, 0.15) is 12.8 Å². The molecule has 0 atom stereocenters. The predicted octanol–water partition coefficient (Wildman–Crippen LogP) is -0.700. The van der Waals surface area contributed by atoms with Gasteiger partial charge >= 0.3 is 5.97 Å². The van der Waals surface area contributed by atoms with Gasteiger partial charge in [0.15, 0.2) is 6.54 Å². The van der Waals surface area contributed by atoms with E-state index in [0.717, 1.165) is 0 Å². The topological polar surface area (TPSA) is 63.7 Å². The first-order valence-corrected chi connectivity index (χ1v) is 4.66. The van der Waals surface area contributed by atoms with Gasteiger partial charge in [0.1, 0.15) is 0 Å². The lowest BCUT2D eigenvalue weighted by Crippen LogP contribution is -2.43. The molecule has 1 aliphatic rings. The first kappa shape index (κ1) is 11.6. The minimum atomic E-state index is -0.578. The number of carbonyl (C=O) groups is 3. The molecule has 0 saturated carbocycles. The molecule has 84 valence electrons. The summed E-state index contributed by atoms with van der Waals surface area (Å²) in [5.74, 6) is -1.48. The molecule has 15 heavy (non-hydrogen) atoms. The first-order chi connectivity index (χ1) is 6.79. The molecule has 0 N–H and O–H groups in total. The fourth-order valence-electron chi connectivity index (χ4n) is 1.18. The van der Waals surface area contributed by atoms with Crippen molar-refractivity contribution in [2.24, 2.45) is 0 Å². The van der Waals surface area contributed by atoms with Crippen molar-refractivity contribution in [2.75, 3.05) is 27.7 Å². The zero-order valence-corrected chi connectivity index (χ0v) is 9.15. The number of hydrogen-bond acceptors (Lipinski definition) is 4. The summed E-state index contributed by atoms with van der Waals surface area (Å²) in [6.45, 7) is 0.108. The average Bonchev–Trinajstić information content (AvgIpc) is 2.32. The number of hydroxylamine groups is 2. The smallest absolute Gasteiger partial charge is 0.324 e. The number of carbonyl (C=O) groups excluding carboxylic acids is 3. The summed E-state index contributed by atoms with van der Waals surface area (Å²) >= 11 is 0. The Kier molecular flexibility index (Phi) is 3.09. The Morgan fingerprint density at radius 2 is 1.73 bits per heavy atom. The number of likely N-dealkylation sites (N-methyl/N-ethyl adjacent to an activating group) is 1. The van der Waals surface area contributed by atoms with Crippen LogP contribution in [0.4, 0.5) is 0 Å². The molecular formula is C9H15N2O4+. The molecule has 1 fully saturated rings. The number of rotatable bonds is 3. The van der Waals surface area contributed by atoms with Gasteiger partial charge in [0.25, 0.3) is 11.8 Å². The van der Waals surface area contributed by atoms with E-state index in [1.807, 2.05) is 21.1 Å². The Bertz CT molecular complexity index is 290. The Hall–Kier alpha value is -1.43. The first-order valence-electron chi connectivity index (χ1n) is 4.66. The third kappa shape index (κ3) is 3.32. The van der Waals surface area contributed by atoms with Gasteiger partial charge < -0.3 is 9.32 Å². The van der Waals surface area contributed by atoms with Crippen LogP contribution in [0.3, 0.4) is 0 Å². The van der Waals surface area contributed by atoms with Crippen LogP contribution in [0.25, 0.3) is 0 Å². The molecule has 2 amide bonds. The summed E-state index contributed by atoms with van der Waals surface area (Å²) in [5, 5.41) is 0.567. The normalized spacial score (nSPS) is 17.1. The van der Waals surface area contributed by atoms with Gasteiger partial charge in [0.2, 0.25) is 0 Å². The Morgan fingerprint density at radius 3 is 2.13 bits per heavy atom. The highest BCUT2D eigenvalue weighted by atomic mass is 16.7. The van der Waals surface area contributed by atoms with Crippen LogP contribution in [0.15, 0.2) is 0 Å². The van der Waals surface area contributed by atoms with Gasteiger partial charge in [-0.05, 0) is 0 Å². The van der Waals surface area contributed by atoms with Crippen molar-refractivity contribution in [3.63, 3.8) is 0 Å². The van der Waals surface area contributed by atoms with Crippen molar-refractivity contribution in [3.8, 4) is 0 Å². The quantitative estimate of drug-likeness (QED) is 0.461. The molecule has 0 aromatic rings. The summed E-state index contributed by atoms with van der Waals surface area (Å²) in [5.41, 5.74) is 0. The highest BCUT2D eigenvalue weighted by Gasteiger charge is 2.33. The lowest BCUT2D eigenvalue weighted by molar-refractivity contribution is -0.863. The molecule has 6 nitrogen and oxygen atoms in total. The molecule has 0 unspecified atom stereocenters. The maximum Gasteiger partial charge on any atom is 0.387 e. The van der Waals surface area contributed by atoms with Gasteiger partial charge in [-0.2, -0.15) is 0 Å². The molecule has 0 aromatic heterocycles. The maximum atomic E-state index is 11.3. The van der Waals surface area contributed by atoms with E-state index in [-0.39, 0.29) is 19.4 Å². The predicted molar refractivity (Wildman–Crippen MR) is 50.1 cm³/mol. The third-order valence-electron chi connectivity index (χ3n) is 1.80. The molecule has 1 rings (SSSR count). The number of amides is 2. The van der Waals surface area contributed by atoms with Gasteiger partial charge in [0, 0.05) is 12.8 Å². The van der Waals surface area contributed by atoms with E-state index in [0.29, 0.717) is 9.55 Å². The van der Waals surface area contributed by atoms with Gasteiger partial charge in [-0.25, -0.2) is 4.79 Å². The molecule has 0 radical (unpaired) electrons. The van der Waals surface area contributed by atoms with Crippen molar-refractivity contribution in [3.05, 3.63) is 0 Å². The largest absolute Gasteiger partial charge is 0.387 e. The fraction of sp³-hybridized carbons (Fsp3) is 0.667. The molecule has 1 aliphatic heterocycles. The van der Waals surface area contributed by atoms with Crippen LogP contribution in [0.2, 0.25) is 0 Å². The second kappa shape index (κ2) is 3.98. The van der Waals surface area contributed by atoms with Crippen LogP contribution in [-0.2, 0) is 19.2 Å². The van der Waals surface area contributed by atoms with E-state index in [1.54, 1.807) is 0 Å². The zero-order chi connectivity index (χ0) is 11.6. The van der Waals surface area contributed by atoms with Crippen LogP contribution in [-0.4, -0.2) is 55.0 Å². The number of imide groups is 1. The minimum absolute atomic E-state index is 0.108. The number of hydrogen-bond donors (Lipinski definition) is 0. The van der Waals surface area contributed by atoms with Crippen molar-refractivity contribution >= 4 is 17.8 Å². The Labute approximate surface area is 87.9 Å². The Balaban J connectivity index is 2.51. The average molecular weight is 215 g/mol. The maximum absolute atomic E-state index is 11.3. The minimum Gasteiger partial charge on any atom is -0.324 e. The summed E-state index contributed by atoms with van der Waals surface area (Å²) in [7, 11) is 5.44. The second-order valence-corrected chi connectivity index (χ2v) is 4.49. The summed E-state index contributed by atoms with van der Waals surface area (Å²) in [4.78, 5) is 38.2. The standard InChI is InChI=1S/C9H15N2O4/c1-11(2,3)6-9(14)15-10-7(12)4-5-8(10)13/h4-6H2,1-3H3/q+1. The van der Waals surface area contributed by atoms with Gasteiger partial charge in [-0.1, -0.05) is 0 Å². The number of nitrogens with zero attached hydrogens (tertiary/aromatic N) is 2. The van der Waals surface area contributed by atoms with Crippen molar-refractivity contribution in [1.29, 1.82) is 0 Å². The SMILES string of the molecule is C[N+](C)(C)CC(=O)ON1C(=O)CCC1=O.